The van der Waals surface area contributed by atoms with Crippen LogP contribution >= 0.6 is 11.6 Å². The van der Waals surface area contributed by atoms with E-state index < -0.39 is 6.04 Å². The van der Waals surface area contributed by atoms with E-state index in [1.54, 1.807) is 34.9 Å². The largest absolute Gasteiger partial charge is 0.304 e. The molecule has 5 heteroatoms. The molecule has 0 bridgehead atoms. The Bertz CT molecular complexity index is 1040. The van der Waals surface area contributed by atoms with Crippen LogP contribution in [0.5, 0.6) is 0 Å². The maximum Gasteiger partial charge on any atom is 0.259 e. The quantitative estimate of drug-likeness (QED) is 0.636. The van der Waals surface area contributed by atoms with E-state index in [2.05, 4.69) is 0 Å². The molecular formula is C23H19ClN2O2. The summed E-state index contributed by atoms with van der Waals surface area (Å²) in [5.41, 5.74) is 2.94. The standard InChI is InChI=1S/C23H19ClN2O2/c1-16-22(27)25(15-17-8-7-11-19(24)14-17)20-12-5-6-13-21(20)26(16)23(28)18-9-3-2-4-10-18/h2-14,16H,15H2,1H3. The number of halogens is 1. The number of carbonyl (C=O) groups excluding carboxylic acids is 2. The topological polar surface area (TPSA) is 40.6 Å². The molecule has 0 fully saturated rings. The first-order chi connectivity index (χ1) is 13.6. The van der Waals surface area contributed by atoms with E-state index in [9.17, 15) is 9.59 Å². The van der Waals surface area contributed by atoms with Crippen molar-refractivity contribution in [2.45, 2.75) is 19.5 Å². The molecule has 0 saturated carbocycles. The summed E-state index contributed by atoms with van der Waals surface area (Å²) in [5.74, 6) is -0.306. The summed E-state index contributed by atoms with van der Waals surface area (Å²) in [4.78, 5) is 29.7. The lowest BCUT2D eigenvalue weighted by Gasteiger charge is -2.40. The zero-order chi connectivity index (χ0) is 19.7. The number of anilines is 2. The van der Waals surface area contributed by atoms with Crippen LogP contribution in [0.15, 0.2) is 78.9 Å². The number of rotatable bonds is 3. The summed E-state index contributed by atoms with van der Waals surface area (Å²) >= 11 is 6.10. The van der Waals surface area contributed by atoms with Crippen molar-refractivity contribution in [3.05, 3.63) is 95.0 Å². The number of amides is 2. The highest BCUT2D eigenvalue weighted by Crippen LogP contribution is 2.37. The SMILES string of the molecule is CC1C(=O)N(Cc2cccc(Cl)c2)c2ccccc2N1C(=O)c1ccccc1. The Morgan fingerprint density at radius 1 is 0.929 bits per heavy atom. The number of hydrogen-bond acceptors (Lipinski definition) is 2. The molecule has 1 atom stereocenters. The summed E-state index contributed by atoms with van der Waals surface area (Å²) in [6.45, 7) is 2.16. The molecule has 3 aromatic carbocycles. The number of carbonyl (C=O) groups is 2. The zero-order valence-electron chi connectivity index (χ0n) is 15.4. The molecule has 0 aliphatic carbocycles. The molecule has 0 radical (unpaired) electrons. The van der Waals surface area contributed by atoms with E-state index in [4.69, 9.17) is 11.6 Å². The molecule has 1 aliphatic rings. The predicted octanol–water partition coefficient (Wildman–Crippen LogP) is 4.92. The van der Waals surface area contributed by atoms with Crippen LogP contribution in [0.1, 0.15) is 22.8 Å². The van der Waals surface area contributed by atoms with E-state index >= 15 is 0 Å². The van der Waals surface area contributed by atoms with Crippen LogP contribution in [0.25, 0.3) is 0 Å². The van der Waals surface area contributed by atoms with Crippen LogP contribution in [0.4, 0.5) is 11.4 Å². The monoisotopic (exact) mass is 390 g/mol. The third kappa shape index (κ3) is 3.27. The second-order valence-corrected chi connectivity index (χ2v) is 7.20. The number of benzene rings is 3. The van der Waals surface area contributed by atoms with Gasteiger partial charge in [-0.15, -0.1) is 0 Å². The average Bonchev–Trinajstić information content (AvgIpc) is 2.72. The molecule has 3 aromatic rings. The van der Waals surface area contributed by atoms with Gasteiger partial charge in [0, 0.05) is 10.6 Å². The van der Waals surface area contributed by atoms with Crippen molar-refractivity contribution in [1.29, 1.82) is 0 Å². The highest BCUT2D eigenvalue weighted by Gasteiger charge is 2.38. The molecule has 0 aromatic heterocycles. The molecule has 0 N–H and O–H groups in total. The molecule has 4 nitrogen and oxygen atoms in total. The fraction of sp³-hybridized carbons (Fsp3) is 0.130. The lowest BCUT2D eigenvalue weighted by molar-refractivity contribution is -0.119. The second kappa shape index (κ2) is 7.49. The van der Waals surface area contributed by atoms with Crippen molar-refractivity contribution in [3.63, 3.8) is 0 Å². The minimum Gasteiger partial charge on any atom is -0.304 e. The lowest BCUT2D eigenvalue weighted by atomic mass is 10.0. The van der Waals surface area contributed by atoms with Crippen molar-refractivity contribution in [2.24, 2.45) is 0 Å². The predicted molar refractivity (Wildman–Crippen MR) is 112 cm³/mol. The van der Waals surface area contributed by atoms with Crippen molar-refractivity contribution >= 4 is 34.8 Å². The number of para-hydroxylation sites is 2. The van der Waals surface area contributed by atoms with Gasteiger partial charge >= 0.3 is 0 Å². The molecule has 1 unspecified atom stereocenters. The molecule has 4 rings (SSSR count). The maximum atomic E-state index is 13.2. The van der Waals surface area contributed by atoms with Crippen LogP contribution in [0.2, 0.25) is 5.02 Å². The van der Waals surface area contributed by atoms with Gasteiger partial charge in [0.15, 0.2) is 0 Å². The highest BCUT2D eigenvalue weighted by molar-refractivity contribution is 6.30. The Morgan fingerprint density at radius 3 is 2.32 bits per heavy atom. The van der Waals surface area contributed by atoms with Crippen LogP contribution in [0, 0.1) is 0 Å². The molecule has 0 saturated heterocycles. The van der Waals surface area contributed by atoms with Gasteiger partial charge in [-0.3, -0.25) is 14.5 Å². The number of fused-ring (bicyclic) bond motifs is 1. The van der Waals surface area contributed by atoms with Gasteiger partial charge in [0.25, 0.3) is 5.91 Å². The van der Waals surface area contributed by atoms with Crippen molar-refractivity contribution in [3.8, 4) is 0 Å². The molecule has 0 spiro atoms. The number of hydrogen-bond donors (Lipinski definition) is 0. The third-order valence-corrected chi connectivity index (χ3v) is 5.15. The smallest absolute Gasteiger partial charge is 0.259 e. The van der Waals surface area contributed by atoms with Crippen LogP contribution in [0.3, 0.4) is 0 Å². The summed E-state index contributed by atoms with van der Waals surface area (Å²) in [5, 5.41) is 0.629. The zero-order valence-corrected chi connectivity index (χ0v) is 16.1. The third-order valence-electron chi connectivity index (χ3n) is 4.91. The van der Waals surface area contributed by atoms with Gasteiger partial charge in [-0.1, -0.05) is 54.1 Å². The molecule has 28 heavy (non-hydrogen) atoms. The van der Waals surface area contributed by atoms with Gasteiger partial charge in [0.1, 0.15) is 6.04 Å². The Kier molecular flexibility index (Phi) is 4.88. The summed E-state index contributed by atoms with van der Waals surface area (Å²) in [6, 6.07) is 23.4. The Morgan fingerprint density at radius 2 is 1.61 bits per heavy atom. The van der Waals surface area contributed by atoms with E-state index in [1.165, 1.54) is 0 Å². The van der Waals surface area contributed by atoms with Gasteiger partial charge in [-0.25, -0.2) is 0 Å². The fourth-order valence-electron chi connectivity index (χ4n) is 3.55. The Hall–Kier alpha value is -3.11. The van der Waals surface area contributed by atoms with Gasteiger partial charge < -0.3 is 4.90 Å². The number of nitrogens with zero attached hydrogens (tertiary/aromatic N) is 2. The van der Waals surface area contributed by atoms with Gasteiger partial charge in [-0.05, 0) is 48.9 Å². The normalized spacial score (nSPS) is 16.1. The van der Waals surface area contributed by atoms with Gasteiger partial charge in [0.2, 0.25) is 5.91 Å². The van der Waals surface area contributed by atoms with E-state index in [0.29, 0.717) is 17.1 Å². The Labute approximate surface area is 169 Å². The summed E-state index contributed by atoms with van der Waals surface area (Å²) in [6.07, 6.45) is 0. The highest BCUT2D eigenvalue weighted by atomic mass is 35.5. The summed E-state index contributed by atoms with van der Waals surface area (Å²) in [7, 11) is 0. The molecule has 1 aliphatic heterocycles. The van der Waals surface area contributed by atoms with E-state index in [0.717, 1.165) is 16.9 Å². The van der Waals surface area contributed by atoms with Crippen LogP contribution < -0.4 is 9.80 Å². The van der Waals surface area contributed by atoms with E-state index in [1.807, 2.05) is 60.7 Å². The van der Waals surface area contributed by atoms with E-state index in [-0.39, 0.29) is 11.8 Å². The minimum atomic E-state index is -0.609. The lowest BCUT2D eigenvalue weighted by Crippen LogP contribution is -2.54. The van der Waals surface area contributed by atoms with Gasteiger partial charge in [0.05, 0.1) is 17.9 Å². The van der Waals surface area contributed by atoms with Crippen molar-refractivity contribution in [2.75, 3.05) is 9.80 Å². The summed E-state index contributed by atoms with van der Waals surface area (Å²) < 4.78 is 0. The fourth-order valence-corrected chi connectivity index (χ4v) is 3.76. The van der Waals surface area contributed by atoms with Gasteiger partial charge in [-0.2, -0.15) is 0 Å². The molecule has 2 amide bonds. The van der Waals surface area contributed by atoms with Crippen molar-refractivity contribution < 1.29 is 9.59 Å². The van der Waals surface area contributed by atoms with Crippen LogP contribution in [-0.2, 0) is 11.3 Å². The molecular weight excluding hydrogens is 372 g/mol. The average molecular weight is 391 g/mol. The van der Waals surface area contributed by atoms with Crippen LogP contribution in [-0.4, -0.2) is 17.9 Å². The van der Waals surface area contributed by atoms with Crippen molar-refractivity contribution in [1.82, 2.24) is 0 Å². The first kappa shape index (κ1) is 18.3. The molecule has 140 valence electrons. The first-order valence-corrected chi connectivity index (χ1v) is 9.47. The first-order valence-electron chi connectivity index (χ1n) is 9.10. The molecule has 1 heterocycles. The minimum absolute atomic E-state index is 0.122. The Balaban J connectivity index is 1.75. The maximum absolute atomic E-state index is 13.2. The second-order valence-electron chi connectivity index (χ2n) is 6.76.